The van der Waals surface area contributed by atoms with E-state index in [4.69, 9.17) is 10.2 Å². The summed E-state index contributed by atoms with van der Waals surface area (Å²) in [5, 5.41) is 8.02. The van der Waals surface area contributed by atoms with E-state index >= 15 is 0 Å². The van der Waals surface area contributed by atoms with Crippen LogP contribution in [0.25, 0.3) is 11.5 Å². The molecule has 0 unspecified atom stereocenters. The number of aryl methyl sites for hydroxylation is 2. The van der Waals surface area contributed by atoms with Crippen molar-refractivity contribution in [1.29, 1.82) is 0 Å². The van der Waals surface area contributed by atoms with Gasteiger partial charge >= 0.3 is 0 Å². The molecular formula is C17H20N4O3. The van der Waals surface area contributed by atoms with Crippen molar-refractivity contribution in [2.75, 3.05) is 13.1 Å². The molecule has 2 amide bonds. The molecule has 2 aromatic rings. The summed E-state index contributed by atoms with van der Waals surface area (Å²) in [6.45, 7) is 2.99. The predicted molar refractivity (Wildman–Crippen MR) is 86.7 cm³/mol. The first-order valence-corrected chi connectivity index (χ1v) is 7.99. The minimum atomic E-state index is -0.343. The van der Waals surface area contributed by atoms with Crippen molar-refractivity contribution in [1.82, 2.24) is 15.1 Å². The fourth-order valence-electron chi connectivity index (χ4n) is 2.76. The maximum absolute atomic E-state index is 12.2. The molecule has 1 aromatic carbocycles. The van der Waals surface area contributed by atoms with Crippen molar-refractivity contribution in [2.45, 2.75) is 26.2 Å². The summed E-state index contributed by atoms with van der Waals surface area (Å²) in [6.07, 6.45) is 1.30. The number of rotatable bonds is 5. The van der Waals surface area contributed by atoms with E-state index in [-0.39, 0.29) is 24.2 Å². The standard InChI is InChI=1S/C17H20N4O3/c1-11-2-4-12(5-3-11)17-20-19-14(24-17)6-7-15(22)21-9-8-13(10-21)16(18)23/h2-5,13H,6-10H2,1H3,(H2,18,23)/t13-/m1/s1. The largest absolute Gasteiger partial charge is 0.421 e. The molecule has 2 N–H and O–H groups in total. The van der Waals surface area contributed by atoms with Crippen LogP contribution in [0.2, 0.25) is 0 Å². The zero-order valence-electron chi connectivity index (χ0n) is 13.6. The maximum Gasteiger partial charge on any atom is 0.247 e. The summed E-state index contributed by atoms with van der Waals surface area (Å²) < 4.78 is 5.61. The molecule has 1 atom stereocenters. The number of nitrogens with two attached hydrogens (primary N) is 1. The first-order chi connectivity index (χ1) is 11.5. The number of carbonyl (C=O) groups excluding carboxylic acids is 2. The zero-order chi connectivity index (χ0) is 17.1. The Morgan fingerprint density at radius 1 is 1.29 bits per heavy atom. The smallest absolute Gasteiger partial charge is 0.247 e. The number of nitrogens with zero attached hydrogens (tertiary/aromatic N) is 3. The van der Waals surface area contributed by atoms with E-state index in [1.807, 2.05) is 31.2 Å². The van der Waals surface area contributed by atoms with Crippen LogP contribution in [0, 0.1) is 12.8 Å². The number of carbonyl (C=O) groups is 2. The highest BCUT2D eigenvalue weighted by atomic mass is 16.4. The van der Waals surface area contributed by atoms with E-state index in [0.29, 0.717) is 37.7 Å². The zero-order valence-corrected chi connectivity index (χ0v) is 13.6. The minimum absolute atomic E-state index is 0.0196. The molecule has 2 heterocycles. The Bertz CT molecular complexity index is 739. The molecule has 7 heteroatoms. The van der Waals surface area contributed by atoms with E-state index < -0.39 is 0 Å². The number of hydrogen-bond acceptors (Lipinski definition) is 5. The second-order valence-corrected chi connectivity index (χ2v) is 6.09. The molecule has 24 heavy (non-hydrogen) atoms. The van der Waals surface area contributed by atoms with E-state index in [0.717, 1.165) is 11.1 Å². The van der Waals surface area contributed by atoms with Gasteiger partial charge in [0.2, 0.25) is 23.6 Å². The third-order valence-corrected chi connectivity index (χ3v) is 4.26. The normalized spacial score (nSPS) is 17.2. The number of likely N-dealkylation sites (tertiary alicyclic amines) is 1. The lowest BCUT2D eigenvalue weighted by Gasteiger charge is -2.15. The van der Waals surface area contributed by atoms with Crippen molar-refractivity contribution in [3.63, 3.8) is 0 Å². The Labute approximate surface area is 139 Å². The van der Waals surface area contributed by atoms with Gasteiger partial charge in [-0.1, -0.05) is 17.7 Å². The summed E-state index contributed by atoms with van der Waals surface area (Å²) in [6, 6.07) is 7.80. The molecule has 1 aliphatic heterocycles. The average molecular weight is 328 g/mol. The van der Waals surface area contributed by atoms with Crippen LogP contribution in [-0.4, -0.2) is 40.0 Å². The summed E-state index contributed by atoms with van der Waals surface area (Å²) in [5.41, 5.74) is 7.29. The second-order valence-electron chi connectivity index (χ2n) is 6.09. The Hall–Kier alpha value is -2.70. The van der Waals surface area contributed by atoms with Crippen LogP contribution in [0.1, 0.15) is 24.3 Å². The lowest BCUT2D eigenvalue weighted by molar-refractivity contribution is -0.130. The van der Waals surface area contributed by atoms with E-state index in [1.54, 1.807) is 4.90 Å². The Kier molecular flexibility index (Phi) is 4.59. The van der Waals surface area contributed by atoms with Crippen LogP contribution < -0.4 is 5.73 Å². The van der Waals surface area contributed by atoms with Crippen LogP contribution in [-0.2, 0) is 16.0 Å². The molecule has 0 bridgehead atoms. The van der Waals surface area contributed by atoms with E-state index in [1.165, 1.54) is 0 Å². The Balaban J connectivity index is 1.55. The third-order valence-electron chi connectivity index (χ3n) is 4.26. The molecule has 0 aliphatic carbocycles. The quantitative estimate of drug-likeness (QED) is 0.891. The molecule has 1 aromatic heterocycles. The lowest BCUT2D eigenvalue weighted by atomic mass is 10.1. The lowest BCUT2D eigenvalue weighted by Crippen LogP contribution is -2.31. The number of amides is 2. The predicted octanol–water partition coefficient (Wildman–Crippen LogP) is 1.31. The minimum Gasteiger partial charge on any atom is -0.421 e. The van der Waals surface area contributed by atoms with Crippen LogP contribution >= 0.6 is 0 Å². The van der Waals surface area contributed by atoms with Gasteiger partial charge in [0, 0.05) is 31.5 Å². The van der Waals surface area contributed by atoms with Gasteiger partial charge in [0.05, 0.1) is 5.92 Å². The van der Waals surface area contributed by atoms with Gasteiger partial charge in [-0.25, -0.2) is 0 Å². The highest BCUT2D eigenvalue weighted by Crippen LogP contribution is 2.20. The molecule has 1 saturated heterocycles. The van der Waals surface area contributed by atoms with Crippen LogP contribution in [0.5, 0.6) is 0 Å². The SMILES string of the molecule is Cc1ccc(-c2nnc(CCC(=O)N3CC[C@@H](C(N)=O)C3)o2)cc1. The van der Waals surface area contributed by atoms with Gasteiger partial charge in [-0.05, 0) is 25.5 Å². The number of benzene rings is 1. The Morgan fingerprint density at radius 2 is 2.04 bits per heavy atom. The number of hydrogen-bond donors (Lipinski definition) is 1. The monoisotopic (exact) mass is 328 g/mol. The molecule has 0 radical (unpaired) electrons. The van der Waals surface area contributed by atoms with Crippen LogP contribution in [0.3, 0.4) is 0 Å². The fourth-order valence-corrected chi connectivity index (χ4v) is 2.76. The summed E-state index contributed by atoms with van der Waals surface area (Å²) in [4.78, 5) is 25.0. The second kappa shape index (κ2) is 6.82. The average Bonchev–Trinajstić information content (AvgIpc) is 3.23. The molecular weight excluding hydrogens is 308 g/mol. The van der Waals surface area contributed by atoms with Crippen molar-refractivity contribution >= 4 is 11.8 Å². The van der Waals surface area contributed by atoms with Gasteiger partial charge in [0.1, 0.15) is 0 Å². The van der Waals surface area contributed by atoms with Crippen molar-refractivity contribution in [2.24, 2.45) is 11.7 Å². The first kappa shape index (κ1) is 16.2. The van der Waals surface area contributed by atoms with Crippen LogP contribution in [0.15, 0.2) is 28.7 Å². The number of aromatic nitrogens is 2. The molecule has 7 nitrogen and oxygen atoms in total. The fraction of sp³-hybridized carbons (Fsp3) is 0.412. The van der Waals surface area contributed by atoms with Gasteiger partial charge in [0.15, 0.2) is 0 Å². The molecule has 1 fully saturated rings. The van der Waals surface area contributed by atoms with Gasteiger partial charge in [-0.2, -0.15) is 0 Å². The van der Waals surface area contributed by atoms with Crippen molar-refractivity contribution < 1.29 is 14.0 Å². The summed E-state index contributed by atoms with van der Waals surface area (Å²) >= 11 is 0. The maximum atomic E-state index is 12.2. The molecule has 3 rings (SSSR count). The van der Waals surface area contributed by atoms with Gasteiger partial charge < -0.3 is 15.1 Å². The Morgan fingerprint density at radius 3 is 2.71 bits per heavy atom. The first-order valence-electron chi connectivity index (χ1n) is 7.99. The highest BCUT2D eigenvalue weighted by Gasteiger charge is 2.29. The summed E-state index contributed by atoms with van der Waals surface area (Å²) in [5.74, 6) is 0.293. The van der Waals surface area contributed by atoms with E-state index in [9.17, 15) is 9.59 Å². The topological polar surface area (TPSA) is 102 Å². The van der Waals surface area contributed by atoms with E-state index in [2.05, 4.69) is 10.2 Å². The van der Waals surface area contributed by atoms with Crippen molar-refractivity contribution in [3.05, 3.63) is 35.7 Å². The highest BCUT2D eigenvalue weighted by molar-refractivity contribution is 5.81. The van der Waals surface area contributed by atoms with Gasteiger partial charge in [-0.15, -0.1) is 10.2 Å². The van der Waals surface area contributed by atoms with Gasteiger partial charge in [0.25, 0.3) is 0 Å². The summed E-state index contributed by atoms with van der Waals surface area (Å²) in [7, 11) is 0. The third kappa shape index (κ3) is 3.61. The molecule has 0 saturated carbocycles. The molecule has 0 spiro atoms. The number of primary amides is 1. The van der Waals surface area contributed by atoms with Crippen LogP contribution in [0.4, 0.5) is 0 Å². The molecule has 126 valence electrons. The van der Waals surface area contributed by atoms with Gasteiger partial charge in [-0.3, -0.25) is 9.59 Å². The van der Waals surface area contributed by atoms with Crippen molar-refractivity contribution in [3.8, 4) is 11.5 Å². The molecule has 1 aliphatic rings.